The summed E-state index contributed by atoms with van der Waals surface area (Å²) in [6.07, 6.45) is 0. The van der Waals surface area contributed by atoms with Gasteiger partial charge in [0.1, 0.15) is 10.7 Å². The number of rotatable bonds is 5. The molecule has 0 saturated heterocycles. The van der Waals surface area contributed by atoms with Crippen LogP contribution < -0.4 is 10.9 Å². The summed E-state index contributed by atoms with van der Waals surface area (Å²) in [5, 5.41) is 3.83. The molecule has 3 aromatic rings. The normalized spacial score (nSPS) is 12.3. The maximum Gasteiger partial charge on any atom is 0.259 e. The Morgan fingerprint density at radius 2 is 2.11 bits per heavy atom. The number of aromatic amines is 1. The van der Waals surface area contributed by atoms with Gasteiger partial charge in [0.15, 0.2) is 0 Å². The van der Waals surface area contributed by atoms with Crippen molar-refractivity contribution < 1.29 is 4.79 Å². The van der Waals surface area contributed by atoms with Gasteiger partial charge in [-0.1, -0.05) is 17.7 Å². The maximum absolute atomic E-state index is 12.4. The van der Waals surface area contributed by atoms with Crippen LogP contribution in [0.2, 0.25) is 5.02 Å². The monoisotopic (exact) mass is 421 g/mol. The zero-order valence-electron chi connectivity index (χ0n) is 15.5. The number of nitrogens with zero attached hydrogens (tertiary/aromatic N) is 1. The zero-order valence-corrected chi connectivity index (χ0v) is 17.9. The molecule has 0 spiro atoms. The van der Waals surface area contributed by atoms with Crippen molar-refractivity contribution in [3.05, 3.63) is 55.4 Å². The smallest absolute Gasteiger partial charge is 0.259 e. The molecule has 8 heteroatoms. The molecule has 0 aliphatic rings. The summed E-state index contributed by atoms with van der Waals surface area (Å²) in [6.45, 7) is 7.65. The Hall–Kier alpha value is -1.83. The summed E-state index contributed by atoms with van der Waals surface area (Å²) in [7, 11) is 0. The number of halogens is 1. The van der Waals surface area contributed by atoms with Crippen molar-refractivity contribution in [1.29, 1.82) is 0 Å². The van der Waals surface area contributed by atoms with Gasteiger partial charge in [0.2, 0.25) is 5.91 Å². The van der Waals surface area contributed by atoms with Crippen molar-refractivity contribution in [2.24, 2.45) is 0 Å². The lowest BCUT2D eigenvalue weighted by molar-refractivity contribution is -0.115. The minimum Gasteiger partial charge on any atom is -0.325 e. The molecule has 0 radical (unpaired) electrons. The number of H-pyrrole nitrogens is 1. The third-order valence-electron chi connectivity index (χ3n) is 4.37. The van der Waals surface area contributed by atoms with Crippen molar-refractivity contribution in [2.45, 2.75) is 38.7 Å². The minimum absolute atomic E-state index is 0.119. The number of benzene rings is 1. The van der Waals surface area contributed by atoms with Gasteiger partial charge >= 0.3 is 0 Å². The van der Waals surface area contributed by atoms with Crippen LogP contribution in [0.1, 0.15) is 28.8 Å². The second-order valence-corrected chi connectivity index (χ2v) is 9.32. The van der Waals surface area contributed by atoms with Crippen LogP contribution in [0.4, 0.5) is 5.69 Å². The number of hydrogen-bond acceptors (Lipinski definition) is 5. The van der Waals surface area contributed by atoms with Crippen LogP contribution in [0.25, 0.3) is 10.2 Å². The maximum atomic E-state index is 12.4. The van der Waals surface area contributed by atoms with E-state index in [0.29, 0.717) is 27.7 Å². The van der Waals surface area contributed by atoms with E-state index in [1.54, 1.807) is 6.07 Å². The van der Waals surface area contributed by atoms with Gasteiger partial charge in [0.25, 0.3) is 5.56 Å². The van der Waals surface area contributed by atoms with Gasteiger partial charge in [-0.15, -0.1) is 23.1 Å². The Morgan fingerprint density at radius 1 is 1.37 bits per heavy atom. The SMILES string of the molecule is Cc1ccc(NC(=O)C(C)SCc2nc3sc(C)c(C)c3c(=O)[nH]2)cc1Cl. The molecule has 1 atom stereocenters. The van der Waals surface area contributed by atoms with E-state index in [1.165, 1.54) is 23.1 Å². The highest BCUT2D eigenvalue weighted by Gasteiger charge is 2.16. The minimum atomic E-state index is -0.308. The predicted octanol–water partition coefficient (Wildman–Crippen LogP) is 4.82. The molecular weight excluding hydrogens is 402 g/mol. The van der Waals surface area contributed by atoms with Gasteiger partial charge in [-0.2, -0.15) is 0 Å². The topological polar surface area (TPSA) is 74.8 Å². The van der Waals surface area contributed by atoms with Crippen LogP contribution >= 0.6 is 34.7 Å². The average Bonchev–Trinajstić information content (AvgIpc) is 2.90. The number of anilines is 1. The fraction of sp³-hybridized carbons (Fsp3) is 0.316. The van der Waals surface area contributed by atoms with Crippen LogP contribution in [0.3, 0.4) is 0 Å². The fourth-order valence-electron chi connectivity index (χ4n) is 2.56. The third-order valence-corrected chi connectivity index (χ3v) is 7.03. The van der Waals surface area contributed by atoms with Gasteiger partial charge in [0, 0.05) is 15.6 Å². The van der Waals surface area contributed by atoms with Crippen molar-refractivity contribution in [3.8, 4) is 0 Å². The summed E-state index contributed by atoms with van der Waals surface area (Å²) in [5.41, 5.74) is 2.48. The molecule has 3 rings (SSSR count). The molecule has 27 heavy (non-hydrogen) atoms. The lowest BCUT2D eigenvalue weighted by Gasteiger charge is -2.12. The number of carbonyl (C=O) groups excluding carboxylic acids is 1. The van der Waals surface area contributed by atoms with Gasteiger partial charge in [-0.05, 0) is 51.0 Å². The molecule has 0 bridgehead atoms. The molecule has 2 heterocycles. The number of carbonyl (C=O) groups is 1. The number of fused-ring (bicyclic) bond motifs is 1. The second-order valence-electron chi connectivity index (χ2n) is 6.38. The van der Waals surface area contributed by atoms with E-state index < -0.39 is 0 Å². The first-order valence-electron chi connectivity index (χ1n) is 8.43. The Kier molecular flexibility index (Phi) is 5.93. The summed E-state index contributed by atoms with van der Waals surface area (Å²) < 4.78 is 0. The molecular formula is C19H20ClN3O2S2. The second kappa shape index (κ2) is 8.04. The number of thiophene rings is 1. The number of aryl methyl sites for hydroxylation is 3. The molecule has 2 N–H and O–H groups in total. The quantitative estimate of drug-likeness (QED) is 0.619. The first-order chi connectivity index (χ1) is 12.8. The van der Waals surface area contributed by atoms with Crippen molar-refractivity contribution in [3.63, 3.8) is 0 Å². The molecule has 1 unspecified atom stereocenters. The third kappa shape index (κ3) is 4.36. The number of nitrogens with one attached hydrogen (secondary N) is 2. The van der Waals surface area contributed by atoms with Crippen molar-refractivity contribution >= 4 is 56.5 Å². The van der Waals surface area contributed by atoms with E-state index in [4.69, 9.17) is 11.6 Å². The summed E-state index contributed by atoms with van der Waals surface area (Å²) in [5.74, 6) is 0.910. The summed E-state index contributed by atoms with van der Waals surface area (Å²) in [4.78, 5) is 33.9. The molecule has 0 aliphatic heterocycles. The van der Waals surface area contributed by atoms with Crippen LogP contribution in [0.15, 0.2) is 23.0 Å². The highest BCUT2D eigenvalue weighted by atomic mass is 35.5. The molecule has 5 nitrogen and oxygen atoms in total. The van der Waals surface area contributed by atoms with E-state index in [9.17, 15) is 9.59 Å². The van der Waals surface area contributed by atoms with Crippen molar-refractivity contribution in [2.75, 3.05) is 5.32 Å². The largest absolute Gasteiger partial charge is 0.325 e. The molecule has 1 amide bonds. The number of aromatic nitrogens is 2. The lowest BCUT2D eigenvalue weighted by atomic mass is 10.2. The van der Waals surface area contributed by atoms with Gasteiger partial charge in [-0.3, -0.25) is 9.59 Å². The van der Waals surface area contributed by atoms with Crippen LogP contribution in [0.5, 0.6) is 0 Å². The molecule has 1 aromatic carbocycles. The Labute approximate surface area is 170 Å². The highest BCUT2D eigenvalue weighted by Crippen LogP contribution is 2.27. The highest BCUT2D eigenvalue weighted by molar-refractivity contribution is 7.99. The molecule has 2 aromatic heterocycles. The van der Waals surface area contributed by atoms with E-state index >= 15 is 0 Å². The van der Waals surface area contributed by atoms with E-state index in [1.807, 2.05) is 39.8 Å². The van der Waals surface area contributed by atoms with E-state index in [0.717, 1.165) is 20.8 Å². The number of amides is 1. The Bertz CT molecular complexity index is 1070. The predicted molar refractivity (Wildman–Crippen MR) is 115 cm³/mol. The van der Waals surface area contributed by atoms with Crippen LogP contribution in [0, 0.1) is 20.8 Å². The van der Waals surface area contributed by atoms with Gasteiger partial charge in [0.05, 0.1) is 16.4 Å². The first kappa shape index (κ1) is 19.9. The van der Waals surface area contributed by atoms with Gasteiger partial charge in [-0.25, -0.2) is 4.98 Å². The number of hydrogen-bond donors (Lipinski definition) is 2. The molecule has 0 saturated carbocycles. The Morgan fingerprint density at radius 3 is 2.81 bits per heavy atom. The van der Waals surface area contributed by atoms with E-state index in [2.05, 4.69) is 15.3 Å². The van der Waals surface area contributed by atoms with Crippen LogP contribution in [-0.2, 0) is 10.5 Å². The standard InChI is InChI=1S/C19H20ClN3O2S2/c1-9-5-6-13(7-14(9)20)21-17(24)12(4)26-8-15-22-18(25)16-10(2)11(3)27-19(16)23-15/h5-7,12H,8H2,1-4H3,(H,21,24)(H,22,23,25). The molecule has 142 valence electrons. The fourth-order valence-corrected chi connectivity index (χ4v) is 4.55. The van der Waals surface area contributed by atoms with Crippen LogP contribution in [-0.4, -0.2) is 21.1 Å². The summed E-state index contributed by atoms with van der Waals surface area (Å²) >= 11 is 9.03. The average molecular weight is 422 g/mol. The zero-order chi connectivity index (χ0) is 19.7. The van der Waals surface area contributed by atoms with Gasteiger partial charge < -0.3 is 10.3 Å². The summed E-state index contributed by atoms with van der Waals surface area (Å²) in [6, 6.07) is 5.43. The first-order valence-corrected chi connectivity index (χ1v) is 10.7. The molecule has 0 aliphatic carbocycles. The molecule has 0 fully saturated rings. The Balaban J connectivity index is 1.67. The lowest BCUT2D eigenvalue weighted by Crippen LogP contribution is -2.23. The van der Waals surface area contributed by atoms with Crippen molar-refractivity contribution in [1.82, 2.24) is 9.97 Å². The van der Waals surface area contributed by atoms with E-state index in [-0.39, 0.29) is 16.7 Å². The number of thioether (sulfide) groups is 1.